The summed E-state index contributed by atoms with van der Waals surface area (Å²) in [6.45, 7) is 6.67. The second kappa shape index (κ2) is 4.50. The molecule has 1 aromatic heterocycles. The first kappa shape index (κ1) is 12.1. The molecule has 1 aromatic rings. The third-order valence-corrected chi connectivity index (χ3v) is 5.09. The third kappa shape index (κ3) is 2.67. The van der Waals surface area contributed by atoms with E-state index < -0.39 is 0 Å². The summed E-state index contributed by atoms with van der Waals surface area (Å²) >= 11 is 1.77. The normalized spacial score (nSPS) is 19.5. The van der Waals surface area contributed by atoms with Crippen molar-refractivity contribution in [3.8, 4) is 0 Å². The summed E-state index contributed by atoms with van der Waals surface area (Å²) in [5.74, 6) is 0.773. The van der Waals surface area contributed by atoms with E-state index in [0.717, 1.165) is 17.2 Å². The van der Waals surface area contributed by atoms with Gasteiger partial charge in [-0.25, -0.2) is 0 Å². The Morgan fingerprint density at radius 3 is 2.50 bits per heavy atom. The van der Waals surface area contributed by atoms with Gasteiger partial charge in [0, 0.05) is 9.75 Å². The molecule has 90 valence electrons. The van der Waals surface area contributed by atoms with Crippen LogP contribution < -0.4 is 0 Å². The first-order chi connectivity index (χ1) is 7.47. The van der Waals surface area contributed by atoms with Crippen LogP contribution in [0.15, 0.2) is 12.1 Å². The zero-order valence-electron chi connectivity index (χ0n) is 10.5. The number of aliphatic hydroxyl groups is 1. The van der Waals surface area contributed by atoms with Crippen LogP contribution in [0.5, 0.6) is 0 Å². The van der Waals surface area contributed by atoms with Crippen LogP contribution in [-0.4, -0.2) is 5.11 Å². The van der Waals surface area contributed by atoms with E-state index in [1.165, 1.54) is 24.1 Å². The van der Waals surface area contributed by atoms with Gasteiger partial charge in [-0.05, 0) is 29.9 Å². The molecule has 1 atom stereocenters. The minimum Gasteiger partial charge on any atom is -0.388 e. The maximum Gasteiger partial charge on any atom is 0.0884 e. The number of aliphatic hydroxyl groups excluding tert-OH is 1. The second-order valence-corrected chi connectivity index (χ2v) is 7.12. The molecule has 1 saturated carbocycles. The van der Waals surface area contributed by atoms with Gasteiger partial charge in [0.2, 0.25) is 0 Å². The highest BCUT2D eigenvalue weighted by Crippen LogP contribution is 2.38. The molecule has 1 aliphatic rings. The van der Waals surface area contributed by atoms with Crippen molar-refractivity contribution in [3.63, 3.8) is 0 Å². The lowest BCUT2D eigenvalue weighted by atomic mass is 9.81. The zero-order chi connectivity index (χ0) is 11.8. The minimum absolute atomic E-state index is 0.207. The summed E-state index contributed by atoms with van der Waals surface area (Å²) in [5, 5.41) is 10.1. The van der Waals surface area contributed by atoms with Crippen molar-refractivity contribution >= 4 is 11.3 Å². The van der Waals surface area contributed by atoms with Crippen molar-refractivity contribution in [3.05, 3.63) is 21.9 Å². The largest absolute Gasteiger partial charge is 0.388 e. The lowest BCUT2D eigenvalue weighted by Gasteiger charge is -2.27. The van der Waals surface area contributed by atoms with Gasteiger partial charge in [0.25, 0.3) is 0 Å². The Kier molecular flexibility index (Phi) is 3.41. The quantitative estimate of drug-likeness (QED) is 0.833. The third-order valence-electron chi connectivity index (χ3n) is 3.48. The Bertz CT molecular complexity index is 344. The smallest absolute Gasteiger partial charge is 0.0884 e. The lowest BCUT2D eigenvalue weighted by Crippen LogP contribution is -2.14. The first-order valence-corrected chi connectivity index (χ1v) is 7.07. The molecule has 0 aliphatic heterocycles. The fraction of sp³-hybridized carbons (Fsp3) is 0.714. The predicted octanol–water partition coefficient (Wildman–Crippen LogP) is 4.27. The Hall–Kier alpha value is -0.340. The van der Waals surface area contributed by atoms with E-state index in [-0.39, 0.29) is 11.5 Å². The highest BCUT2D eigenvalue weighted by molar-refractivity contribution is 7.12. The van der Waals surface area contributed by atoms with Crippen molar-refractivity contribution < 1.29 is 5.11 Å². The minimum atomic E-state index is -0.230. The fourth-order valence-corrected chi connectivity index (χ4v) is 3.16. The van der Waals surface area contributed by atoms with Crippen LogP contribution >= 0.6 is 11.3 Å². The molecule has 0 saturated heterocycles. The SMILES string of the molecule is CC(C)(C)c1ccc(C(O)CC2CCC2)s1. The van der Waals surface area contributed by atoms with Gasteiger partial charge in [-0.15, -0.1) is 11.3 Å². The van der Waals surface area contributed by atoms with Crippen LogP contribution in [0.4, 0.5) is 0 Å². The summed E-state index contributed by atoms with van der Waals surface area (Å²) in [6, 6.07) is 4.28. The molecule has 0 amide bonds. The number of hydrogen-bond acceptors (Lipinski definition) is 2. The molecular weight excluding hydrogens is 216 g/mol. The van der Waals surface area contributed by atoms with Gasteiger partial charge < -0.3 is 5.11 Å². The molecule has 1 nitrogen and oxygen atoms in total. The van der Waals surface area contributed by atoms with Crippen molar-refractivity contribution in [1.82, 2.24) is 0 Å². The lowest BCUT2D eigenvalue weighted by molar-refractivity contribution is 0.121. The second-order valence-electron chi connectivity index (χ2n) is 6.00. The van der Waals surface area contributed by atoms with Gasteiger partial charge in [-0.1, -0.05) is 40.0 Å². The molecule has 1 unspecified atom stereocenters. The van der Waals surface area contributed by atoms with Crippen molar-refractivity contribution in [1.29, 1.82) is 0 Å². The molecule has 1 aliphatic carbocycles. The van der Waals surface area contributed by atoms with E-state index in [1.807, 2.05) is 0 Å². The van der Waals surface area contributed by atoms with Crippen LogP contribution in [0.25, 0.3) is 0 Å². The van der Waals surface area contributed by atoms with Crippen molar-refractivity contribution in [2.24, 2.45) is 5.92 Å². The van der Waals surface area contributed by atoms with E-state index in [2.05, 4.69) is 32.9 Å². The van der Waals surface area contributed by atoms with E-state index in [4.69, 9.17) is 0 Å². The molecule has 1 N–H and O–H groups in total. The number of rotatable bonds is 3. The van der Waals surface area contributed by atoms with E-state index in [0.29, 0.717) is 0 Å². The van der Waals surface area contributed by atoms with Gasteiger partial charge in [0.05, 0.1) is 6.10 Å². The van der Waals surface area contributed by atoms with Gasteiger partial charge in [0.15, 0.2) is 0 Å². The summed E-state index contributed by atoms with van der Waals surface area (Å²) in [7, 11) is 0. The van der Waals surface area contributed by atoms with Crippen LogP contribution in [0, 0.1) is 5.92 Å². The maximum atomic E-state index is 10.1. The Morgan fingerprint density at radius 2 is 2.06 bits per heavy atom. The predicted molar refractivity (Wildman–Crippen MR) is 69.9 cm³/mol. The standard InChI is InChI=1S/C14H22OS/c1-14(2,3)13-8-7-12(16-13)11(15)9-10-5-4-6-10/h7-8,10-11,15H,4-6,9H2,1-3H3. The Labute approximate surface area is 103 Å². The number of hydrogen-bond donors (Lipinski definition) is 1. The van der Waals surface area contributed by atoms with Gasteiger partial charge in [-0.3, -0.25) is 0 Å². The fourth-order valence-electron chi connectivity index (χ4n) is 2.10. The molecule has 2 rings (SSSR count). The van der Waals surface area contributed by atoms with E-state index in [1.54, 1.807) is 11.3 Å². The summed E-state index contributed by atoms with van der Waals surface area (Å²) in [4.78, 5) is 2.52. The van der Waals surface area contributed by atoms with Crippen molar-refractivity contribution in [2.45, 2.75) is 58.0 Å². The molecule has 16 heavy (non-hydrogen) atoms. The first-order valence-electron chi connectivity index (χ1n) is 6.25. The Balaban J connectivity index is 2.00. The number of thiophene rings is 1. The molecule has 1 heterocycles. The highest BCUT2D eigenvalue weighted by Gasteiger charge is 2.24. The molecule has 0 spiro atoms. The van der Waals surface area contributed by atoms with E-state index in [9.17, 15) is 5.11 Å². The van der Waals surface area contributed by atoms with Crippen LogP contribution in [0.3, 0.4) is 0 Å². The van der Waals surface area contributed by atoms with Crippen molar-refractivity contribution in [2.75, 3.05) is 0 Å². The Morgan fingerprint density at radius 1 is 1.38 bits per heavy atom. The van der Waals surface area contributed by atoms with Crippen LogP contribution in [0.2, 0.25) is 0 Å². The van der Waals surface area contributed by atoms with Crippen LogP contribution in [-0.2, 0) is 5.41 Å². The molecule has 1 fully saturated rings. The monoisotopic (exact) mass is 238 g/mol. The highest BCUT2D eigenvalue weighted by atomic mass is 32.1. The average Bonchev–Trinajstić information content (AvgIpc) is 2.58. The molecule has 0 aromatic carbocycles. The van der Waals surface area contributed by atoms with E-state index >= 15 is 0 Å². The average molecular weight is 238 g/mol. The molecule has 2 heteroatoms. The maximum absolute atomic E-state index is 10.1. The summed E-state index contributed by atoms with van der Waals surface area (Å²) < 4.78 is 0. The van der Waals surface area contributed by atoms with Gasteiger partial charge in [0.1, 0.15) is 0 Å². The zero-order valence-corrected chi connectivity index (χ0v) is 11.3. The van der Waals surface area contributed by atoms with Gasteiger partial charge in [-0.2, -0.15) is 0 Å². The molecular formula is C14H22OS. The molecule has 0 radical (unpaired) electrons. The summed E-state index contributed by atoms with van der Waals surface area (Å²) in [6.07, 6.45) is 4.72. The van der Waals surface area contributed by atoms with Gasteiger partial charge >= 0.3 is 0 Å². The summed E-state index contributed by atoms with van der Waals surface area (Å²) in [5.41, 5.74) is 0.207. The van der Waals surface area contributed by atoms with Crippen LogP contribution in [0.1, 0.15) is 62.3 Å². The molecule has 0 bridgehead atoms. The topological polar surface area (TPSA) is 20.2 Å².